The van der Waals surface area contributed by atoms with Crippen molar-refractivity contribution in [1.82, 2.24) is 4.90 Å². The maximum Gasteiger partial charge on any atom is 0.341 e. The van der Waals surface area contributed by atoms with Crippen LogP contribution in [-0.2, 0) is 25.8 Å². The van der Waals surface area contributed by atoms with Crippen LogP contribution in [0, 0.1) is 0 Å². The van der Waals surface area contributed by atoms with E-state index < -0.39 is 38.4 Å². The number of carboxylic acid groups (broad SMARTS) is 1. The van der Waals surface area contributed by atoms with Crippen molar-refractivity contribution in [2.24, 2.45) is 0 Å². The Labute approximate surface area is 126 Å². The number of nitrogens with zero attached hydrogens (tertiary/aromatic N) is 1. The molecule has 1 amide bonds. The Kier molecular flexibility index (Phi) is 5.59. The first kappa shape index (κ1) is 18.0. The van der Waals surface area contributed by atoms with Crippen LogP contribution in [-0.4, -0.2) is 49.1 Å². The highest BCUT2D eigenvalue weighted by atomic mass is 32.2. The van der Waals surface area contributed by atoms with Crippen molar-refractivity contribution in [3.8, 4) is 0 Å². The maximum absolute atomic E-state index is 12.4. The summed E-state index contributed by atoms with van der Waals surface area (Å²) in [6.07, 6.45) is -0.164. The first-order valence-electron chi connectivity index (χ1n) is 6.16. The molecule has 122 valence electrons. The van der Waals surface area contributed by atoms with Crippen molar-refractivity contribution in [3.63, 3.8) is 0 Å². The fourth-order valence-corrected chi connectivity index (χ4v) is 2.30. The zero-order chi connectivity index (χ0) is 17.1. The van der Waals surface area contributed by atoms with Gasteiger partial charge in [-0.1, -0.05) is 12.1 Å². The van der Waals surface area contributed by atoms with E-state index in [-0.39, 0.29) is 6.42 Å². The van der Waals surface area contributed by atoms with Crippen LogP contribution in [0.25, 0.3) is 0 Å². The molecule has 0 saturated carbocycles. The fraction of sp³-hybridized carbons (Fsp3) is 0.385. The molecule has 0 aromatic heterocycles. The van der Waals surface area contributed by atoms with Gasteiger partial charge in [0.2, 0.25) is 15.7 Å². The Bertz CT molecular complexity index is 658. The molecule has 1 aromatic carbocycles. The number of alkyl halides is 2. The number of halogens is 2. The lowest BCUT2D eigenvalue weighted by molar-refractivity contribution is -0.147. The van der Waals surface area contributed by atoms with Crippen LogP contribution >= 0.6 is 0 Å². The zero-order valence-corrected chi connectivity index (χ0v) is 12.7. The van der Waals surface area contributed by atoms with Crippen LogP contribution in [0.4, 0.5) is 8.78 Å². The highest BCUT2D eigenvalue weighted by molar-refractivity contribution is 7.91. The summed E-state index contributed by atoms with van der Waals surface area (Å²) in [7, 11) is -3.34. The minimum absolute atomic E-state index is 0.164. The van der Waals surface area contributed by atoms with Gasteiger partial charge >= 0.3 is 11.7 Å². The third kappa shape index (κ3) is 4.00. The van der Waals surface area contributed by atoms with E-state index in [2.05, 4.69) is 0 Å². The van der Waals surface area contributed by atoms with Gasteiger partial charge in [0.25, 0.3) is 0 Å². The number of carbonyl (C=O) groups is 2. The number of hydrogen-bond acceptors (Lipinski definition) is 4. The van der Waals surface area contributed by atoms with Gasteiger partial charge in [-0.25, -0.2) is 13.2 Å². The molecule has 0 aliphatic rings. The minimum Gasteiger partial charge on any atom is -0.480 e. The molecule has 1 rings (SSSR count). The zero-order valence-electron chi connectivity index (χ0n) is 11.9. The second kappa shape index (κ2) is 6.82. The number of carboxylic acids is 1. The third-order valence-corrected chi connectivity index (χ3v) is 4.57. The minimum atomic E-state index is -4.67. The molecular weight excluding hydrogens is 320 g/mol. The molecule has 0 aliphatic carbocycles. The quantitative estimate of drug-likeness (QED) is 0.842. The van der Waals surface area contributed by atoms with Gasteiger partial charge < -0.3 is 10.0 Å². The molecule has 0 fully saturated rings. The predicted molar refractivity (Wildman–Crippen MR) is 73.2 cm³/mol. The molecule has 6 nitrogen and oxygen atoms in total. The molecule has 0 aliphatic heterocycles. The molecule has 0 bridgehead atoms. The van der Waals surface area contributed by atoms with Crippen molar-refractivity contribution in [2.45, 2.75) is 30.0 Å². The van der Waals surface area contributed by atoms with E-state index in [1.807, 2.05) is 0 Å². The molecule has 1 aromatic rings. The number of likely N-dealkylation sites (N-methyl/N-ethyl adjacent to an activating group) is 1. The topological polar surface area (TPSA) is 91.8 Å². The number of hydrogen-bond donors (Lipinski definition) is 1. The van der Waals surface area contributed by atoms with E-state index in [1.54, 1.807) is 0 Å². The van der Waals surface area contributed by atoms with Crippen molar-refractivity contribution in [3.05, 3.63) is 29.8 Å². The third-order valence-electron chi connectivity index (χ3n) is 3.17. The highest BCUT2D eigenvalue weighted by Gasteiger charge is 2.26. The van der Waals surface area contributed by atoms with E-state index in [1.165, 1.54) is 26.1 Å². The molecule has 1 unspecified atom stereocenters. The molecule has 0 heterocycles. The Balaban J connectivity index is 2.85. The predicted octanol–water partition coefficient (Wildman–Crippen LogP) is 1.16. The molecule has 1 atom stereocenters. The number of sulfone groups is 1. The van der Waals surface area contributed by atoms with Gasteiger partial charge in [0, 0.05) is 7.05 Å². The van der Waals surface area contributed by atoms with Gasteiger partial charge in [-0.3, -0.25) is 4.79 Å². The number of rotatable bonds is 6. The summed E-state index contributed by atoms with van der Waals surface area (Å²) in [4.78, 5) is 23.2. The molecule has 22 heavy (non-hydrogen) atoms. The first-order valence-corrected chi connectivity index (χ1v) is 7.71. The van der Waals surface area contributed by atoms with E-state index >= 15 is 0 Å². The van der Waals surface area contributed by atoms with Crippen LogP contribution in [0.3, 0.4) is 0 Å². The molecule has 0 saturated heterocycles. The van der Waals surface area contributed by atoms with Crippen molar-refractivity contribution < 1.29 is 31.9 Å². The van der Waals surface area contributed by atoms with Gasteiger partial charge in [0.05, 0.1) is 11.3 Å². The van der Waals surface area contributed by atoms with Crippen molar-refractivity contribution in [2.75, 3.05) is 7.05 Å². The summed E-state index contributed by atoms with van der Waals surface area (Å²) in [5, 5.41) is 8.81. The smallest absolute Gasteiger partial charge is 0.341 e. The first-order chi connectivity index (χ1) is 10.1. The van der Waals surface area contributed by atoms with Crippen LogP contribution in [0.1, 0.15) is 12.5 Å². The van der Waals surface area contributed by atoms with E-state index in [0.29, 0.717) is 5.56 Å². The second-order valence-corrected chi connectivity index (χ2v) is 6.56. The van der Waals surface area contributed by atoms with Crippen molar-refractivity contribution in [1.29, 1.82) is 0 Å². The summed E-state index contributed by atoms with van der Waals surface area (Å²) in [5.74, 6) is -5.16. The second-order valence-electron chi connectivity index (χ2n) is 4.65. The van der Waals surface area contributed by atoms with E-state index in [9.17, 15) is 26.8 Å². The molecular formula is C13H15F2NO5S. The van der Waals surface area contributed by atoms with E-state index in [0.717, 1.165) is 17.0 Å². The highest BCUT2D eigenvalue weighted by Crippen LogP contribution is 2.19. The summed E-state index contributed by atoms with van der Waals surface area (Å²) < 4.78 is 47.2. The lowest BCUT2D eigenvalue weighted by atomic mass is 10.1. The van der Waals surface area contributed by atoms with E-state index in [4.69, 9.17) is 5.11 Å². The number of amides is 1. The standard InChI is InChI=1S/C13H15F2NO5S/c1-8(12(18)19)16(2)11(17)7-9-3-5-10(6-4-9)22(20,21)13(14)15/h3-6,8,13H,7H2,1-2H3,(H,18,19). The average molecular weight is 335 g/mol. The number of aliphatic carboxylic acids is 1. The molecule has 1 N–H and O–H groups in total. The Hall–Kier alpha value is -2.03. The Morgan fingerprint density at radius 3 is 2.14 bits per heavy atom. The average Bonchev–Trinajstić information content (AvgIpc) is 2.45. The Morgan fingerprint density at radius 2 is 1.73 bits per heavy atom. The monoisotopic (exact) mass is 335 g/mol. The van der Waals surface area contributed by atoms with Gasteiger partial charge in [-0.2, -0.15) is 8.78 Å². The molecule has 9 heteroatoms. The Morgan fingerprint density at radius 1 is 1.23 bits per heavy atom. The van der Waals surface area contributed by atoms with Crippen LogP contribution in [0.15, 0.2) is 29.2 Å². The summed E-state index contributed by atoms with van der Waals surface area (Å²) in [5.41, 5.74) is 0.391. The van der Waals surface area contributed by atoms with Gasteiger partial charge in [-0.05, 0) is 24.6 Å². The normalized spacial score (nSPS) is 13.0. The lowest BCUT2D eigenvalue weighted by Gasteiger charge is -2.21. The van der Waals surface area contributed by atoms with Crippen LogP contribution in [0.5, 0.6) is 0 Å². The lowest BCUT2D eigenvalue weighted by Crippen LogP contribution is -2.41. The van der Waals surface area contributed by atoms with Gasteiger partial charge in [-0.15, -0.1) is 0 Å². The molecule has 0 spiro atoms. The summed E-state index contributed by atoms with van der Waals surface area (Å²) in [6.45, 7) is 1.35. The van der Waals surface area contributed by atoms with Crippen molar-refractivity contribution >= 4 is 21.7 Å². The summed E-state index contributed by atoms with van der Waals surface area (Å²) in [6, 6.07) is 3.46. The molecule has 0 radical (unpaired) electrons. The van der Waals surface area contributed by atoms with Crippen LogP contribution < -0.4 is 0 Å². The largest absolute Gasteiger partial charge is 0.480 e. The summed E-state index contributed by atoms with van der Waals surface area (Å²) >= 11 is 0. The maximum atomic E-state index is 12.4. The van der Waals surface area contributed by atoms with Crippen LogP contribution in [0.2, 0.25) is 0 Å². The number of benzene rings is 1. The van der Waals surface area contributed by atoms with Gasteiger partial charge in [0.15, 0.2) is 0 Å². The van der Waals surface area contributed by atoms with Gasteiger partial charge in [0.1, 0.15) is 6.04 Å². The SMILES string of the molecule is CC(C(=O)O)N(C)C(=O)Cc1ccc(S(=O)(=O)C(F)F)cc1. The fourth-order valence-electron chi connectivity index (χ4n) is 1.58. The number of carbonyl (C=O) groups excluding carboxylic acids is 1.